The van der Waals surface area contributed by atoms with E-state index in [0.29, 0.717) is 52.1 Å². The molecule has 1 aliphatic rings. The van der Waals surface area contributed by atoms with Gasteiger partial charge in [0.2, 0.25) is 0 Å². The number of nitrogens with zero attached hydrogens (tertiary/aromatic N) is 1. The van der Waals surface area contributed by atoms with Crippen molar-refractivity contribution in [2.45, 2.75) is 25.7 Å². The van der Waals surface area contributed by atoms with Crippen molar-refractivity contribution in [3.63, 3.8) is 0 Å². The highest BCUT2D eigenvalue weighted by atomic mass is 32.2. The molecule has 0 aromatic heterocycles. The van der Waals surface area contributed by atoms with Crippen LogP contribution in [0.4, 0.5) is 0 Å². The molecule has 0 spiro atoms. The van der Waals surface area contributed by atoms with Crippen molar-refractivity contribution in [1.82, 2.24) is 4.90 Å². The lowest BCUT2D eigenvalue weighted by atomic mass is 10.1. The van der Waals surface area contributed by atoms with Crippen LogP contribution in [0.15, 0.2) is 23.1 Å². The molecule has 1 aliphatic heterocycles. The predicted molar refractivity (Wildman–Crippen MR) is 112 cm³/mol. The number of hydrogen-bond acceptors (Lipinski definition) is 7. The van der Waals surface area contributed by atoms with Crippen LogP contribution in [0.3, 0.4) is 0 Å². The number of unbranched alkanes of at least 4 members (excludes halogenated alkanes) is 2. The van der Waals surface area contributed by atoms with E-state index in [9.17, 15) is 14.4 Å². The van der Waals surface area contributed by atoms with E-state index in [1.54, 1.807) is 24.3 Å². The molecule has 1 heterocycles. The molecule has 0 atom stereocenters. The van der Waals surface area contributed by atoms with E-state index in [-0.39, 0.29) is 12.3 Å². The normalized spacial score (nSPS) is 15.1. The van der Waals surface area contributed by atoms with Crippen molar-refractivity contribution in [3.05, 3.63) is 28.7 Å². The maximum absolute atomic E-state index is 12.6. The Hall–Kier alpha value is -2.59. The predicted octanol–water partition coefficient (Wildman–Crippen LogP) is 3.00. The second-order valence-electron chi connectivity index (χ2n) is 6.13. The quantitative estimate of drug-likeness (QED) is 0.305. The number of carboxylic acids is 2. The fourth-order valence-corrected chi connectivity index (χ4v) is 3.91. The van der Waals surface area contributed by atoms with Gasteiger partial charge in [-0.25, -0.2) is 4.79 Å². The molecule has 1 fully saturated rings. The molecule has 2 rings (SSSR count). The molecule has 0 saturated carbocycles. The van der Waals surface area contributed by atoms with Gasteiger partial charge in [0.25, 0.3) is 5.91 Å². The van der Waals surface area contributed by atoms with Crippen LogP contribution in [-0.2, 0) is 14.4 Å². The minimum atomic E-state index is -1.09. The topological polar surface area (TPSA) is 113 Å². The Morgan fingerprint density at radius 3 is 2.59 bits per heavy atom. The van der Waals surface area contributed by atoms with Crippen LogP contribution >= 0.6 is 24.0 Å². The number of rotatable bonds is 11. The van der Waals surface area contributed by atoms with Gasteiger partial charge in [0, 0.05) is 13.0 Å². The molecule has 2 N–H and O–H groups in total. The van der Waals surface area contributed by atoms with Crippen LogP contribution in [0, 0.1) is 0 Å². The Morgan fingerprint density at radius 2 is 1.93 bits per heavy atom. The first-order valence-electron chi connectivity index (χ1n) is 8.81. The summed E-state index contributed by atoms with van der Waals surface area (Å²) in [5, 5.41) is 17.4. The summed E-state index contributed by atoms with van der Waals surface area (Å²) in [6, 6.07) is 4.92. The Kier molecular flexibility index (Phi) is 8.47. The minimum Gasteiger partial charge on any atom is -0.493 e. The number of benzene rings is 1. The van der Waals surface area contributed by atoms with Crippen molar-refractivity contribution in [3.8, 4) is 11.5 Å². The van der Waals surface area contributed by atoms with Crippen molar-refractivity contribution >= 4 is 52.2 Å². The third kappa shape index (κ3) is 6.75. The zero-order valence-corrected chi connectivity index (χ0v) is 17.4. The van der Waals surface area contributed by atoms with E-state index in [2.05, 4.69) is 0 Å². The van der Waals surface area contributed by atoms with Crippen molar-refractivity contribution in [1.29, 1.82) is 0 Å². The van der Waals surface area contributed by atoms with Gasteiger partial charge in [-0.2, -0.15) is 0 Å². The number of methoxy groups -OCH3 is 1. The van der Waals surface area contributed by atoms with Crippen molar-refractivity contribution in [2.24, 2.45) is 0 Å². The van der Waals surface area contributed by atoms with Gasteiger partial charge in [-0.3, -0.25) is 14.5 Å². The summed E-state index contributed by atoms with van der Waals surface area (Å²) in [5.41, 5.74) is 0.687. The second kappa shape index (κ2) is 10.8. The lowest BCUT2D eigenvalue weighted by molar-refractivity contribution is -0.139. The van der Waals surface area contributed by atoms with Crippen molar-refractivity contribution < 1.29 is 34.1 Å². The van der Waals surface area contributed by atoms with E-state index >= 15 is 0 Å². The van der Waals surface area contributed by atoms with E-state index in [0.717, 1.165) is 0 Å². The molecule has 1 amide bonds. The third-order valence-electron chi connectivity index (χ3n) is 3.98. The Bertz CT molecular complexity index is 838. The number of ether oxygens (including phenoxy) is 2. The van der Waals surface area contributed by atoms with Crippen LogP contribution in [0.2, 0.25) is 0 Å². The average molecular weight is 440 g/mol. The average Bonchev–Trinajstić information content (AvgIpc) is 2.93. The molecular weight excluding hydrogens is 418 g/mol. The third-order valence-corrected chi connectivity index (χ3v) is 5.36. The summed E-state index contributed by atoms with van der Waals surface area (Å²) in [6.45, 7) is -0.0340. The highest BCUT2D eigenvalue weighted by molar-refractivity contribution is 8.26. The monoisotopic (exact) mass is 439 g/mol. The highest BCUT2D eigenvalue weighted by Crippen LogP contribution is 2.35. The molecule has 1 aromatic carbocycles. The van der Waals surface area contributed by atoms with Gasteiger partial charge in [0.05, 0.1) is 12.0 Å². The molecule has 8 nitrogen and oxygen atoms in total. The molecule has 1 saturated heterocycles. The van der Waals surface area contributed by atoms with E-state index < -0.39 is 18.5 Å². The fourth-order valence-electron chi connectivity index (χ4n) is 2.60. The van der Waals surface area contributed by atoms with Gasteiger partial charge >= 0.3 is 11.9 Å². The summed E-state index contributed by atoms with van der Waals surface area (Å²) >= 11 is 6.49. The number of thioether (sulfide) groups is 1. The standard InChI is InChI=1S/C19H21NO7S2/c1-26-14-9-12(6-7-13(14)27-11-17(23)24)10-15-18(25)20(19(28)29-15)8-4-2-3-5-16(21)22/h6-7,9-10H,2-5,8,11H2,1H3,(H,21,22)(H,23,24)/b15-10-. The van der Waals surface area contributed by atoms with E-state index in [1.165, 1.54) is 23.8 Å². The van der Waals surface area contributed by atoms with E-state index in [4.69, 9.17) is 31.9 Å². The molecule has 0 bridgehead atoms. The number of hydrogen-bond donors (Lipinski definition) is 2. The van der Waals surface area contributed by atoms with Crippen LogP contribution in [-0.4, -0.2) is 57.5 Å². The summed E-state index contributed by atoms with van der Waals surface area (Å²) in [5.74, 6) is -1.46. The number of thiocarbonyl (C=S) groups is 1. The smallest absolute Gasteiger partial charge is 0.341 e. The Balaban J connectivity index is 2.02. The largest absolute Gasteiger partial charge is 0.493 e. The first-order valence-corrected chi connectivity index (χ1v) is 10.0. The SMILES string of the molecule is COc1cc(/C=C2\SC(=S)N(CCCCCC(=O)O)C2=O)ccc1OCC(=O)O. The molecule has 156 valence electrons. The second-order valence-corrected chi connectivity index (χ2v) is 7.81. The molecule has 1 aromatic rings. The zero-order valence-electron chi connectivity index (χ0n) is 15.8. The lowest BCUT2D eigenvalue weighted by Crippen LogP contribution is -2.29. The summed E-state index contributed by atoms with van der Waals surface area (Å²) < 4.78 is 10.9. The van der Waals surface area contributed by atoms with Crippen LogP contribution in [0.5, 0.6) is 11.5 Å². The lowest BCUT2D eigenvalue weighted by Gasteiger charge is -2.13. The van der Waals surface area contributed by atoms with Crippen molar-refractivity contribution in [2.75, 3.05) is 20.3 Å². The Labute approximate surface area is 177 Å². The molecular formula is C19H21NO7S2. The number of carbonyl (C=O) groups is 3. The Morgan fingerprint density at radius 1 is 1.17 bits per heavy atom. The first kappa shape index (κ1) is 22.7. The number of aliphatic carboxylic acids is 2. The van der Waals surface area contributed by atoms with E-state index in [1.807, 2.05) is 0 Å². The molecule has 0 radical (unpaired) electrons. The molecule has 0 unspecified atom stereocenters. The zero-order chi connectivity index (χ0) is 21.4. The fraction of sp³-hybridized carbons (Fsp3) is 0.368. The number of carboxylic acid groups (broad SMARTS) is 2. The molecule has 10 heteroatoms. The van der Waals surface area contributed by atoms with Gasteiger partial charge < -0.3 is 19.7 Å². The maximum atomic E-state index is 12.6. The van der Waals surface area contributed by atoms with Gasteiger partial charge in [-0.15, -0.1) is 0 Å². The summed E-state index contributed by atoms with van der Waals surface area (Å²) in [6.07, 6.45) is 3.75. The van der Waals surface area contributed by atoms with Crippen LogP contribution in [0.1, 0.15) is 31.2 Å². The van der Waals surface area contributed by atoms with Gasteiger partial charge in [0.1, 0.15) is 4.32 Å². The molecule has 29 heavy (non-hydrogen) atoms. The van der Waals surface area contributed by atoms with Crippen LogP contribution < -0.4 is 9.47 Å². The summed E-state index contributed by atoms with van der Waals surface area (Å²) in [4.78, 5) is 35.8. The number of amides is 1. The highest BCUT2D eigenvalue weighted by Gasteiger charge is 2.31. The maximum Gasteiger partial charge on any atom is 0.341 e. The van der Waals surface area contributed by atoms with Gasteiger partial charge in [-0.05, 0) is 36.6 Å². The van der Waals surface area contributed by atoms with Gasteiger partial charge in [-0.1, -0.05) is 36.5 Å². The summed E-state index contributed by atoms with van der Waals surface area (Å²) in [7, 11) is 1.44. The van der Waals surface area contributed by atoms with Crippen LogP contribution in [0.25, 0.3) is 6.08 Å². The van der Waals surface area contributed by atoms with Gasteiger partial charge in [0.15, 0.2) is 18.1 Å². The first-order chi connectivity index (χ1) is 13.8. The number of carbonyl (C=O) groups excluding carboxylic acids is 1. The minimum absolute atomic E-state index is 0.117. The molecule has 0 aliphatic carbocycles.